The number of pyridine rings is 1. The van der Waals surface area contributed by atoms with Gasteiger partial charge < -0.3 is 10.2 Å². The van der Waals surface area contributed by atoms with E-state index >= 15 is 0 Å². The molecule has 1 aromatic carbocycles. The topological polar surface area (TPSA) is 62.3 Å². The summed E-state index contributed by atoms with van der Waals surface area (Å²) in [5.41, 5.74) is 2.72. The van der Waals surface area contributed by atoms with E-state index < -0.39 is 0 Å². The number of hydrogen-bond donors (Lipinski definition) is 1. The number of benzene rings is 1. The van der Waals surface area contributed by atoms with Crippen LogP contribution >= 0.6 is 0 Å². The van der Waals surface area contributed by atoms with Gasteiger partial charge in [0.1, 0.15) is 0 Å². The summed E-state index contributed by atoms with van der Waals surface area (Å²) in [5.74, 6) is 0.0406. The molecule has 0 fully saturated rings. The lowest BCUT2D eigenvalue weighted by molar-refractivity contribution is 0.0793. The summed E-state index contributed by atoms with van der Waals surface area (Å²) in [7, 11) is 1.76. The predicted octanol–water partition coefficient (Wildman–Crippen LogP) is 4.33. The largest absolute Gasteiger partial charge is 0.342 e. The van der Waals surface area contributed by atoms with Gasteiger partial charge >= 0.3 is 0 Å². The van der Waals surface area contributed by atoms with Crippen LogP contribution in [0, 0.1) is 0 Å². The minimum Gasteiger partial charge on any atom is -0.342 e. The molecule has 1 N–H and O–H groups in total. The standard InChI is InChI=1S/C21H27N3O2/c1-5-6-11-24(4)21(26)18-12-17(13-22-14-18)20(25)23-19-9-7-16(8-10-19)15(2)3/h7-10,12-15H,5-6,11H2,1-4H3,(H,23,25). The number of unbranched alkanes of at least 4 members (excludes halogenated alkanes) is 1. The van der Waals surface area contributed by atoms with Gasteiger partial charge in [-0.2, -0.15) is 0 Å². The number of rotatable bonds is 7. The van der Waals surface area contributed by atoms with Crippen LogP contribution < -0.4 is 5.32 Å². The summed E-state index contributed by atoms with van der Waals surface area (Å²) in [6.07, 6.45) is 4.94. The number of hydrogen-bond acceptors (Lipinski definition) is 3. The monoisotopic (exact) mass is 353 g/mol. The van der Waals surface area contributed by atoms with Gasteiger partial charge in [-0.15, -0.1) is 0 Å². The SMILES string of the molecule is CCCCN(C)C(=O)c1cncc(C(=O)Nc2ccc(C(C)C)cc2)c1. The van der Waals surface area contributed by atoms with Crippen LogP contribution in [0.2, 0.25) is 0 Å². The van der Waals surface area contributed by atoms with Crippen LogP contribution in [0.1, 0.15) is 65.8 Å². The molecule has 0 spiro atoms. The van der Waals surface area contributed by atoms with Crippen molar-refractivity contribution in [1.29, 1.82) is 0 Å². The first-order valence-corrected chi connectivity index (χ1v) is 9.04. The lowest BCUT2D eigenvalue weighted by atomic mass is 10.0. The lowest BCUT2D eigenvalue weighted by Crippen LogP contribution is -2.28. The zero-order valence-electron chi connectivity index (χ0n) is 16.0. The second-order valence-corrected chi connectivity index (χ2v) is 6.77. The molecule has 1 aromatic heterocycles. The molecule has 0 aliphatic rings. The highest BCUT2D eigenvalue weighted by Crippen LogP contribution is 2.18. The Bertz CT molecular complexity index is 754. The van der Waals surface area contributed by atoms with Gasteiger partial charge in [0.2, 0.25) is 0 Å². The molecule has 5 heteroatoms. The first-order valence-electron chi connectivity index (χ1n) is 9.04. The van der Waals surface area contributed by atoms with Crippen LogP contribution in [0.3, 0.4) is 0 Å². The molecule has 26 heavy (non-hydrogen) atoms. The van der Waals surface area contributed by atoms with E-state index in [1.54, 1.807) is 18.0 Å². The van der Waals surface area contributed by atoms with Crippen molar-refractivity contribution >= 4 is 17.5 Å². The average molecular weight is 353 g/mol. The van der Waals surface area contributed by atoms with Crippen LogP contribution in [0.15, 0.2) is 42.7 Å². The van der Waals surface area contributed by atoms with Crippen molar-refractivity contribution in [2.24, 2.45) is 0 Å². The van der Waals surface area contributed by atoms with Crippen molar-refractivity contribution in [2.45, 2.75) is 39.5 Å². The minimum atomic E-state index is -0.277. The van der Waals surface area contributed by atoms with Gasteiger partial charge in [-0.25, -0.2) is 0 Å². The van der Waals surface area contributed by atoms with E-state index in [1.807, 2.05) is 24.3 Å². The Labute approximate surface area is 155 Å². The Morgan fingerprint density at radius 2 is 1.77 bits per heavy atom. The molecule has 0 saturated heterocycles. The summed E-state index contributed by atoms with van der Waals surface area (Å²) in [5, 5.41) is 2.85. The van der Waals surface area contributed by atoms with Gasteiger partial charge in [-0.05, 0) is 36.1 Å². The highest BCUT2D eigenvalue weighted by molar-refractivity contribution is 6.05. The third kappa shape index (κ3) is 5.15. The van der Waals surface area contributed by atoms with E-state index in [1.165, 1.54) is 18.0 Å². The van der Waals surface area contributed by atoms with E-state index in [0.717, 1.165) is 18.5 Å². The molecule has 1 heterocycles. The summed E-state index contributed by atoms with van der Waals surface area (Å²) >= 11 is 0. The van der Waals surface area contributed by atoms with Gasteiger partial charge in [0, 0.05) is 31.7 Å². The number of nitrogens with zero attached hydrogens (tertiary/aromatic N) is 2. The Hall–Kier alpha value is -2.69. The normalized spacial score (nSPS) is 10.7. The summed E-state index contributed by atoms with van der Waals surface area (Å²) in [6, 6.07) is 9.36. The first kappa shape index (κ1) is 19.6. The third-order valence-corrected chi connectivity index (χ3v) is 4.28. The van der Waals surface area contributed by atoms with Crippen molar-refractivity contribution < 1.29 is 9.59 Å². The van der Waals surface area contributed by atoms with E-state index in [-0.39, 0.29) is 11.8 Å². The Kier molecular flexibility index (Phi) is 6.89. The summed E-state index contributed by atoms with van der Waals surface area (Å²) in [6.45, 7) is 7.02. The molecule has 0 aliphatic carbocycles. The van der Waals surface area contributed by atoms with E-state index in [0.29, 0.717) is 23.6 Å². The Morgan fingerprint density at radius 1 is 1.12 bits per heavy atom. The molecule has 138 valence electrons. The van der Waals surface area contributed by atoms with Crippen molar-refractivity contribution in [3.05, 3.63) is 59.4 Å². The smallest absolute Gasteiger partial charge is 0.257 e. The fraction of sp³-hybridized carbons (Fsp3) is 0.381. The van der Waals surface area contributed by atoms with E-state index in [4.69, 9.17) is 0 Å². The van der Waals surface area contributed by atoms with Crippen LogP contribution in [-0.4, -0.2) is 35.3 Å². The van der Waals surface area contributed by atoms with E-state index in [9.17, 15) is 9.59 Å². The second-order valence-electron chi connectivity index (χ2n) is 6.77. The van der Waals surface area contributed by atoms with Gasteiger partial charge in [-0.1, -0.05) is 39.3 Å². The highest BCUT2D eigenvalue weighted by atomic mass is 16.2. The zero-order chi connectivity index (χ0) is 19.1. The maximum absolute atomic E-state index is 12.5. The maximum Gasteiger partial charge on any atom is 0.257 e. The predicted molar refractivity (Wildman–Crippen MR) is 105 cm³/mol. The van der Waals surface area contributed by atoms with Gasteiger partial charge in [0.15, 0.2) is 0 Å². The summed E-state index contributed by atoms with van der Waals surface area (Å²) in [4.78, 5) is 30.6. The number of nitrogens with one attached hydrogen (secondary N) is 1. The number of carbonyl (C=O) groups excluding carboxylic acids is 2. The number of anilines is 1. The minimum absolute atomic E-state index is 0.123. The van der Waals surface area contributed by atoms with Crippen LogP contribution in [0.5, 0.6) is 0 Å². The van der Waals surface area contributed by atoms with Crippen molar-refractivity contribution in [1.82, 2.24) is 9.88 Å². The fourth-order valence-corrected chi connectivity index (χ4v) is 2.55. The van der Waals surface area contributed by atoms with E-state index in [2.05, 4.69) is 31.1 Å². The average Bonchev–Trinajstić information content (AvgIpc) is 2.66. The van der Waals surface area contributed by atoms with Gasteiger partial charge in [0.05, 0.1) is 11.1 Å². The van der Waals surface area contributed by atoms with Crippen molar-refractivity contribution in [2.75, 3.05) is 18.9 Å². The quantitative estimate of drug-likeness (QED) is 0.806. The fourth-order valence-electron chi connectivity index (χ4n) is 2.55. The van der Waals surface area contributed by atoms with Crippen molar-refractivity contribution in [3.8, 4) is 0 Å². The molecular weight excluding hydrogens is 326 g/mol. The Balaban J connectivity index is 2.08. The third-order valence-electron chi connectivity index (χ3n) is 4.28. The molecule has 0 bridgehead atoms. The molecule has 5 nitrogen and oxygen atoms in total. The molecule has 0 atom stereocenters. The molecule has 2 rings (SSSR count). The molecule has 0 radical (unpaired) electrons. The molecule has 2 aromatic rings. The second kappa shape index (κ2) is 9.13. The van der Waals surface area contributed by atoms with Crippen LogP contribution in [0.25, 0.3) is 0 Å². The molecule has 2 amide bonds. The van der Waals surface area contributed by atoms with Crippen molar-refractivity contribution in [3.63, 3.8) is 0 Å². The maximum atomic E-state index is 12.5. The summed E-state index contributed by atoms with van der Waals surface area (Å²) < 4.78 is 0. The molecule has 0 aliphatic heterocycles. The van der Waals surface area contributed by atoms with Gasteiger partial charge in [0.25, 0.3) is 11.8 Å². The molecular formula is C21H27N3O2. The Morgan fingerprint density at radius 3 is 2.38 bits per heavy atom. The molecule has 0 unspecified atom stereocenters. The zero-order valence-corrected chi connectivity index (χ0v) is 16.0. The number of carbonyl (C=O) groups is 2. The highest BCUT2D eigenvalue weighted by Gasteiger charge is 2.15. The van der Waals surface area contributed by atoms with Gasteiger partial charge in [-0.3, -0.25) is 14.6 Å². The van der Waals surface area contributed by atoms with Crippen LogP contribution in [0.4, 0.5) is 5.69 Å². The van der Waals surface area contributed by atoms with Crippen LogP contribution in [-0.2, 0) is 0 Å². The first-order chi connectivity index (χ1) is 12.4. The number of amides is 2. The lowest BCUT2D eigenvalue weighted by Gasteiger charge is -2.16. The number of aromatic nitrogens is 1. The molecule has 0 saturated carbocycles.